The second-order valence-corrected chi connectivity index (χ2v) is 8.50. The number of hydrogen-bond donors (Lipinski definition) is 0. The van der Waals surface area contributed by atoms with E-state index in [-0.39, 0.29) is 40.0 Å². The third kappa shape index (κ3) is 3.77. The molecule has 1 aliphatic carbocycles. The molecule has 0 radical (unpaired) electrons. The molecule has 0 spiro atoms. The van der Waals surface area contributed by atoms with E-state index >= 15 is 0 Å². The number of amides is 2. The van der Waals surface area contributed by atoms with Crippen molar-refractivity contribution in [3.63, 3.8) is 0 Å². The van der Waals surface area contributed by atoms with Crippen LogP contribution in [0.5, 0.6) is 5.75 Å². The van der Waals surface area contributed by atoms with Crippen molar-refractivity contribution in [2.75, 3.05) is 4.90 Å². The Morgan fingerprint density at radius 1 is 1.00 bits per heavy atom. The summed E-state index contributed by atoms with van der Waals surface area (Å²) in [6.45, 7) is 2.12. The fraction of sp³-hybridized carbons (Fsp3) is 0.318. The predicted octanol–water partition coefficient (Wildman–Crippen LogP) is 5.14. The van der Waals surface area contributed by atoms with Crippen LogP contribution in [0.1, 0.15) is 36.5 Å². The number of halogens is 2. The molecule has 0 unspecified atom stereocenters. The third-order valence-electron chi connectivity index (χ3n) is 5.65. The number of hydrogen-bond acceptors (Lipinski definition) is 4. The van der Waals surface area contributed by atoms with E-state index in [9.17, 15) is 14.4 Å². The van der Waals surface area contributed by atoms with Gasteiger partial charge >= 0.3 is 5.97 Å². The number of rotatable bonds is 3. The van der Waals surface area contributed by atoms with E-state index < -0.39 is 5.97 Å². The first kappa shape index (κ1) is 19.9. The van der Waals surface area contributed by atoms with Gasteiger partial charge in [0.1, 0.15) is 5.75 Å². The lowest BCUT2D eigenvalue weighted by atomic mass is 9.76. The highest BCUT2D eigenvalue weighted by molar-refractivity contribution is 6.35. The maximum absolute atomic E-state index is 12.8. The molecule has 2 fully saturated rings. The van der Waals surface area contributed by atoms with Gasteiger partial charge in [-0.2, -0.15) is 0 Å². The predicted molar refractivity (Wildman–Crippen MR) is 110 cm³/mol. The van der Waals surface area contributed by atoms with Crippen LogP contribution in [0.3, 0.4) is 0 Å². The number of esters is 1. The Hall–Kier alpha value is -2.37. The minimum absolute atomic E-state index is 0.143. The van der Waals surface area contributed by atoms with Gasteiger partial charge in [0.25, 0.3) is 0 Å². The maximum atomic E-state index is 12.8. The summed E-state index contributed by atoms with van der Waals surface area (Å²) in [5.74, 6) is -0.691. The minimum atomic E-state index is -0.595. The molecule has 1 saturated carbocycles. The van der Waals surface area contributed by atoms with Crippen LogP contribution in [0.25, 0.3) is 0 Å². The van der Waals surface area contributed by atoms with Crippen LogP contribution in [-0.2, 0) is 9.59 Å². The van der Waals surface area contributed by atoms with Crippen LogP contribution in [0.15, 0.2) is 42.5 Å². The SMILES string of the molecule is C[C@H]1CC[C@@H]2C(=O)N(c3ccc(C(=O)Oc4ccc(Cl)cc4Cl)cc3)C(=O)[C@@H]2C1. The first-order chi connectivity index (χ1) is 13.8. The molecule has 1 heterocycles. The average molecular weight is 432 g/mol. The van der Waals surface area contributed by atoms with E-state index in [0.717, 1.165) is 19.3 Å². The Kier molecular flexibility index (Phi) is 5.36. The zero-order chi connectivity index (χ0) is 20.7. The fourth-order valence-electron chi connectivity index (χ4n) is 4.11. The Balaban J connectivity index is 1.51. The van der Waals surface area contributed by atoms with Crippen LogP contribution >= 0.6 is 23.2 Å². The summed E-state index contributed by atoms with van der Waals surface area (Å²) in [5, 5.41) is 0.668. The van der Waals surface area contributed by atoms with E-state index in [4.69, 9.17) is 27.9 Å². The minimum Gasteiger partial charge on any atom is -0.421 e. The van der Waals surface area contributed by atoms with Crippen molar-refractivity contribution in [3.8, 4) is 5.75 Å². The van der Waals surface area contributed by atoms with Crippen molar-refractivity contribution < 1.29 is 19.1 Å². The number of fused-ring (bicyclic) bond motifs is 1. The van der Waals surface area contributed by atoms with Crippen molar-refractivity contribution >= 4 is 46.7 Å². The first-order valence-corrected chi connectivity index (χ1v) is 10.3. The molecular weight excluding hydrogens is 413 g/mol. The molecule has 0 aromatic heterocycles. The molecule has 29 heavy (non-hydrogen) atoms. The first-order valence-electron chi connectivity index (χ1n) is 9.50. The molecule has 2 aliphatic rings. The maximum Gasteiger partial charge on any atom is 0.343 e. The van der Waals surface area contributed by atoms with Crippen molar-refractivity contribution in [2.45, 2.75) is 26.2 Å². The van der Waals surface area contributed by atoms with Gasteiger partial charge in [0.2, 0.25) is 11.8 Å². The summed E-state index contributed by atoms with van der Waals surface area (Å²) in [6.07, 6.45) is 2.46. The van der Waals surface area contributed by atoms with Crippen LogP contribution in [-0.4, -0.2) is 17.8 Å². The summed E-state index contributed by atoms with van der Waals surface area (Å²) >= 11 is 11.9. The molecule has 7 heteroatoms. The number of benzene rings is 2. The van der Waals surface area contributed by atoms with E-state index in [0.29, 0.717) is 16.6 Å². The Morgan fingerprint density at radius 3 is 2.38 bits per heavy atom. The summed E-state index contributed by atoms with van der Waals surface area (Å²) in [4.78, 5) is 39.2. The standard InChI is InChI=1S/C22H19Cl2NO4/c1-12-2-8-16-17(10-12)21(27)25(20(16)26)15-6-3-13(4-7-15)22(28)29-19-9-5-14(23)11-18(19)24/h3-7,9,11-12,16-17H,2,8,10H2,1H3/t12-,16-,17+/m0/s1. The summed E-state index contributed by atoms with van der Waals surface area (Å²) in [5.41, 5.74) is 0.757. The van der Waals surface area contributed by atoms with E-state index in [1.54, 1.807) is 18.2 Å². The Bertz CT molecular complexity index is 989. The van der Waals surface area contributed by atoms with Gasteiger partial charge in [-0.25, -0.2) is 4.79 Å². The Morgan fingerprint density at radius 2 is 1.69 bits per heavy atom. The molecule has 2 aromatic rings. The van der Waals surface area contributed by atoms with Gasteiger partial charge in [-0.1, -0.05) is 30.1 Å². The number of anilines is 1. The monoisotopic (exact) mass is 431 g/mol. The molecule has 3 atom stereocenters. The molecule has 4 rings (SSSR count). The van der Waals surface area contributed by atoms with Crippen molar-refractivity contribution in [1.29, 1.82) is 0 Å². The molecule has 150 valence electrons. The highest BCUT2D eigenvalue weighted by atomic mass is 35.5. The van der Waals surface area contributed by atoms with Gasteiger partial charge in [0.05, 0.1) is 28.1 Å². The van der Waals surface area contributed by atoms with Crippen molar-refractivity contribution in [3.05, 3.63) is 58.1 Å². The smallest absolute Gasteiger partial charge is 0.343 e. The number of ether oxygens (including phenoxy) is 1. The quantitative estimate of drug-likeness (QED) is 0.383. The lowest BCUT2D eigenvalue weighted by Gasteiger charge is -2.25. The lowest BCUT2D eigenvalue weighted by Crippen LogP contribution is -2.30. The molecule has 1 saturated heterocycles. The number of carbonyl (C=O) groups is 3. The van der Waals surface area contributed by atoms with E-state index in [1.165, 1.54) is 29.2 Å². The second-order valence-electron chi connectivity index (χ2n) is 7.65. The summed E-state index contributed by atoms with van der Waals surface area (Å²) < 4.78 is 5.31. The van der Waals surface area contributed by atoms with Gasteiger partial charge in [0.15, 0.2) is 0 Å². The van der Waals surface area contributed by atoms with E-state index in [1.807, 2.05) is 0 Å². The molecule has 5 nitrogen and oxygen atoms in total. The second kappa shape index (κ2) is 7.81. The molecule has 0 bridgehead atoms. The zero-order valence-corrected chi connectivity index (χ0v) is 17.2. The normalized spacial score (nSPS) is 23.8. The molecular formula is C22H19Cl2NO4. The number of carbonyl (C=O) groups excluding carboxylic acids is 3. The van der Waals surface area contributed by atoms with Crippen LogP contribution in [0.2, 0.25) is 10.0 Å². The highest BCUT2D eigenvalue weighted by Gasteiger charge is 2.49. The van der Waals surface area contributed by atoms with Gasteiger partial charge in [0, 0.05) is 5.02 Å². The zero-order valence-electron chi connectivity index (χ0n) is 15.7. The van der Waals surface area contributed by atoms with Crippen LogP contribution in [0.4, 0.5) is 5.69 Å². The summed E-state index contributed by atoms with van der Waals surface area (Å²) in [6, 6.07) is 10.8. The van der Waals surface area contributed by atoms with Crippen LogP contribution in [0, 0.1) is 17.8 Å². The van der Waals surface area contributed by atoms with Gasteiger partial charge in [-0.15, -0.1) is 0 Å². The Labute approximate surface area is 178 Å². The molecule has 1 aliphatic heterocycles. The van der Waals surface area contributed by atoms with E-state index in [2.05, 4.69) is 6.92 Å². The highest BCUT2D eigenvalue weighted by Crippen LogP contribution is 2.42. The van der Waals surface area contributed by atoms with Crippen molar-refractivity contribution in [1.82, 2.24) is 0 Å². The molecule has 2 aromatic carbocycles. The number of nitrogens with zero attached hydrogens (tertiary/aromatic N) is 1. The van der Waals surface area contributed by atoms with Gasteiger partial charge in [-0.3, -0.25) is 14.5 Å². The van der Waals surface area contributed by atoms with Crippen LogP contribution < -0.4 is 9.64 Å². The largest absolute Gasteiger partial charge is 0.421 e. The molecule has 2 amide bonds. The number of imide groups is 1. The van der Waals surface area contributed by atoms with Gasteiger partial charge in [-0.05, 0) is 67.6 Å². The average Bonchev–Trinajstić information content (AvgIpc) is 2.94. The topological polar surface area (TPSA) is 63.7 Å². The lowest BCUT2D eigenvalue weighted by molar-refractivity contribution is -0.122. The third-order valence-corrected chi connectivity index (χ3v) is 6.18. The van der Waals surface area contributed by atoms with Crippen molar-refractivity contribution in [2.24, 2.45) is 17.8 Å². The molecule has 0 N–H and O–H groups in total. The summed E-state index contributed by atoms with van der Waals surface area (Å²) in [7, 11) is 0. The van der Waals surface area contributed by atoms with Gasteiger partial charge < -0.3 is 4.74 Å². The fourth-order valence-corrected chi connectivity index (χ4v) is 4.55.